The molecule has 6 rings (SSSR count). The van der Waals surface area contributed by atoms with Crippen molar-refractivity contribution in [3.63, 3.8) is 0 Å². The molecule has 256 valence electrons. The molecule has 9 heteroatoms. The van der Waals surface area contributed by atoms with Crippen molar-refractivity contribution in [2.45, 2.75) is 77.2 Å². The molecule has 0 saturated carbocycles. The average Bonchev–Trinajstić information content (AvgIpc) is 3.02. The van der Waals surface area contributed by atoms with Gasteiger partial charge in [-0.05, 0) is 71.6 Å². The highest BCUT2D eigenvalue weighted by molar-refractivity contribution is 7.87. The van der Waals surface area contributed by atoms with E-state index in [9.17, 15) is 18.0 Å². The molecule has 2 aliphatic carbocycles. The molecule has 0 aromatic heterocycles. The van der Waals surface area contributed by atoms with Crippen LogP contribution in [0.2, 0.25) is 5.02 Å². The van der Waals surface area contributed by atoms with Crippen molar-refractivity contribution in [1.29, 1.82) is 0 Å². The van der Waals surface area contributed by atoms with Crippen LogP contribution >= 0.6 is 11.6 Å². The van der Waals surface area contributed by atoms with Gasteiger partial charge in [-0.15, -0.1) is 6.58 Å². The zero-order chi connectivity index (χ0) is 35.3. The SMILES string of the molecule is C=CCc1cc(C2C3=C(CC(C)(C)CC3=O)N(Cc3ccccc3)C3=C2C(=O)CC(C)(C)C3)cc(OC)c1OS(=O)(=O)c1ccc(Cl)cc1. The minimum atomic E-state index is -4.27. The molecule has 3 aliphatic rings. The Morgan fingerprint density at radius 2 is 1.45 bits per heavy atom. The van der Waals surface area contributed by atoms with E-state index in [4.69, 9.17) is 20.5 Å². The van der Waals surface area contributed by atoms with Crippen molar-refractivity contribution in [3.05, 3.63) is 124 Å². The topological polar surface area (TPSA) is 90.0 Å². The van der Waals surface area contributed by atoms with E-state index in [1.165, 1.54) is 31.4 Å². The summed E-state index contributed by atoms with van der Waals surface area (Å²) in [5.41, 5.74) is 4.83. The predicted molar refractivity (Wildman–Crippen MR) is 191 cm³/mol. The summed E-state index contributed by atoms with van der Waals surface area (Å²) >= 11 is 6.00. The van der Waals surface area contributed by atoms with E-state index < -0.39 is 16.0 Å². The lowest BCUT2D eigenvalue weighted by atomic mass is 9.63. The molecule has 49 heavy (non-hydrogen) atoms. The van der Waals surface area contributed by atoms with Gasteiger partial charge < -0.3 is 13.8 Å². The number of ketones is 2. The van der Waals surface area contributed by atoms with E-state index in [0.717, 1.165) is 17.0 Å². The maximum Gasteiger partial charge on any atom is 0.339 e. The molecule has 3 aromatic carbocycles. The number of ether oxygens (including phenoxy) is 1. The summed E-state index contributed by atoms with van der Waals surface area (Å²) in [6, 6.07) is 19.4. The van der Waals surface area contributed by atoms with E-state index >= 15 is 0 Å². The van der Waals surface area contributed by atoms with Gasteiger partial charge >= 0.3 is 10.1 Å². The summed E-state index contributed by atoms with van der Waals surface area (Å²) in [5.74, 6) is -0.432. The molecule has 0 bridgehead atoms. The smallest absolute Gasteiger partial charge is 0.339 e. The third-order valence-electron chi connectivity index (χ3n) is 9.57. The van der Waals surface area contributed by atoms with Crippen molar-refractivity contribution in [2.24, 2.45) is 10.8 Å². The minimum absolute atomic E-state index is 0.00776. The molecule has 1 aliphatic heterocycles. The molecular weight excluding hydrogens is 658 g/mol. The number of allylic oxidation sites excluding steroid dienone is 5. The first-order valence-electron chi connectivity index (χ1n) is 16.5. The largest absolute Gasteiger partial charge is 0.493 e. The molecule has 7 nitrogen and oxygen atoms in total. The standard InChI is InChI=1S/C40H42ClNO6S/c1-7-11-26-18-27(19-34(47-6)38(26)48-49(45,46)29-16-14-28(41)15-17-29)35-36-30(20-39(2,3)22-32(36)43)42(24-25-12-9-8-10-13-25)31-21-40(4,5)23-33(44)37(31)35/h7-10,12-19,35H,1,11,20-24H2,2-6H3. The van der Waals surface area contributed by atoms with Gasteiger partial charge in [-0.3, -0.25) is 9.59 Å². The van der Waals surface area contributed by atoms with Crippen LogP contribution in [0.4, 0.5) is 0 Å². The van der Waals surface area contributed by atoms with Crippen LogP contribution in [0.1, 0.15) is 76.0 Å². The van der Waals surface area contributed by atoms with Crippen LogP contribution in [0.3, 0.4) is 0 Å². The molecule has 0 radical (unpaired) electrons. The van der Waals surface area contributed by atoms with Gasteiger partial charge in [0.25, 0.3) is 0 Å². The lowest BCUT2D eigenvalue weighted by Crippen LogP contribution is -2.44. The monoisotopic (exact) mass is 699 g/mol. The number of halogens is 1. The van der Waals surface area contributed by atoms with Crippen LogP contribution in [0.15, 0.2) is 107 Å². The highest BCUT2D eigenvalue weighted by atomic mass is 35.5. The number of methoxy groups -OCH3 is 1. The molecule has 0 atom stereocenters. The van der Waals surface area contributed by atoms with Crippen molar-refractivity contribution in [2.75, 3.05) is 7.11 Å². The summed E-state index contributed by atoms with van der Waals surface area (Å²) < 4.78 is 38.4. The molecule has 3 aromatic rings. The van der Waals surface area contributed by atoms with E-state index in [1.54, 1.807) is 12.1 Å². The molecule has 0 spiro atoms. The second-order valence-corrected chi connectivity index (χ2v) is 16.8. The Kier molecular flexibility index (Phi) is 9.18. The molecule has 0 N–H and O–H groups in total. The summed E-state index contributed by atoms with van der Waals surface area (Å²) in [5, 5.41) is 0.395. The van der Waals surface area contributed by atoms with Crippen molar-refractivity contribution in [3.8, 4) is 11.5 Å². The first-order valence-corrected chi connectivity index (χ1v) is 18.3. The molecule has 0 saturated heterocycles. The van der Waals surface area contributed by atoms with Crippen LogP contribution in [-0.2, 0) is 32.7 Å². The van der Waals surface area contributed by atoms with Crippen LogP contribution < -0.4 is 8.92 Å². The number of hydrogen-bond donors (Lipinski definition) is 0. The number of rotatable bonds is 9. The van der Waals surface area contributed by atoms with Crippen molar-refractivity contribution >= 4 is 33.3 Å². The Labute approximate surface area is 294 Å². The molecule has 1 heterocycles. The van der Waals surface area contributed by atoms with Crippen LogP contribution in [0.5, 0.6) is 11.5 Å². The maximum absolute atomic E-state index is 14.4. The first kappa shape index (κ1) is 34.7. The first-order chi connectivity index (χ1) is 23.1. The summed E-state index contributed by atoms with van der Waals surface area (Å²) in [7, 11) is -2.82. The maximum atomic E-state index is 14.4. The quantitative estimate of drug-likeness (QED) is 0.163. The Hall–Kier alpha value is -4.14. The van der Waals surface area contributed by atoms with Gasteiger partial charge in [0.1, 0.15) is 4.90 Å². The second kappa shape index (κ2) is 13.0. The normalized spacial score (nSPS) is 19.0. The average molecular weight is 700 g/mol. The Balaban J connectivity index is 1.57. The molecule has 0 unspecified atom stereocenters. The van der Waals surface area contributed by atoms with Gasteiger partial charge in [-0.25, -0.2) is 0 Å². The van der Waals surface area contributed by atoms with Crippen molar-refractivity contribution in [1.82, 2.24) is 4.90 Å². The number of benzene rings is 3. The minimum Gasteiger partial charge on any atom is -0.493 e. The zero-order valence-corrected chi connectivity index (χ0v) is 30.2. The van der Waals surface area contributed by atoms with Gasteiger partial charge in [-0.1, -0.05) is 81.8 Å². The fraction of sp³-hybridized carbons (Fsp3) is 0.350. The summed E-state index contributed by atoms with van der Waals surface area (Å²) in [6.45, 7) is 12.9. The van der Waals surface area contributed by atoms with Gasteiger partial charge in [0, 0.05) is 58.4 Å². The number of carbonyl (C=O) groups excluding carboxylic acids is 2. The fourth-order valence-electron chi connectivity index (χ4n) is 7.50. The fourth-order valence-corrected chi connectivity index (χ4v) is 8.60. The number of Topliss-reactive ketones (excluding diaryl/α,β-unsaturated/α-hetero) is 2. The van der Waals surface area contributed by atoms with Crippen LogP contribution in [0.25, 0.3) is 0 Å². The lowest BCUT2D eigenvalue weighted by Gasteiger charge is -2.49. The number of carbonyl (C=O) groups is 2. The van der Waals surface area contributed by atoms with E-state index in [0.29, 0.717) is 59.5 Å². The van der Waals surface area contributed by atoms with Gasteiger partial charge in [-0.2, -0.15) is 8.42 Å². The summed E-state index contributed by atoms with van der Waals surface area (Å²) in [4.78, 5) is 30.9. The van der Waals surface area contributed by atoms with E-state index in [-0.39, 0.29) is 45.2 Å². The Morgan fingerprint density at radius 3 is 1.98 bits per heavy atom. The Morgan fingerprint density at radius 1 is 0.878 bits per heavy atom. The highest BCUT2D eigenvalue weighted by Gasteiger charge is 2.49. The van der Waals surface area contributed by atoms with Crippen molar-refractivity contribution < 1.29 is 26.9 Å². The number of nitrogens with zero attached hydrogens (tertiary/aromatic N) is 1. The molecule has 0 fully saturated rings. The third-order valence-corrected chi connectivity index (χ3v) is 11.1. The Bertz CT molecular complexity index is 1950. The highest BCUT2D eigenvalue weighted by Crippen LogP contribution is 2.55. The third kappa shape index (κ3) is 6.86. The molecular formula is C40H42ClNO6S. The predicted octanol–water partition coefficient (Wildman–Crippen LogP) is 8.73. The van der Waals surface area contributed by atoms with E-state index in [2.05, 4.69) is 51.3 Å². The second-order valence-electron chi connectivity index (χ2n) is 14.8. The lowest BCUT2D eigenvalue weighted by molar-refractivity contribution is -0.119. The number of hydrogen-bond acceptors (Lipinski definition) is 7. The van der Waals surface area contributed by atoms with Gasteiger partial charge in [0.15, 0.2) is 23.1 Å². The van der Waals surface area contributed by atoms with Crippen LogP contribution in [-0.4, -0.2) is 32.0 Å². The van der Waals surface area contributed by atoms with E-state index in [1.807, 2.05) is 24.3 Å². The van der Waals surface area contributed by atoms with Gasteiger partial charge in [0.2, 0.25) is 0 Å². The molecule has 0 amide bonds. The zero-order valence-electron chi connectivity index (χ0n) is 28.6. The van der Waals surface area contributed by atoms with Gasteiger partial charge in [0.05, 0.1) is 7.11 Å². The van der Waals surface area contributed by atoms with Crippen LogP contribution in [0, 0.1) is 10.8 Å². The summed E-state index contributed by atoms with van der Waals surface area (Å²) in [6.07, 6.45) is 3.94.